The fraction of sp³-hybridized carbons (Fsp3) is 0.278. The third kappa shape index (κ3) is 5.72. The number of carbonyl (C=O) groups is 3. The second-order valence-electron chi connectivity index (χ2n) is 5.63. The Kier molecular flexibility index (Phi) is 6.71. The van der Waals surface area contributed by atoms with Crippen LogP contribution in [0.5, 0.6) is 0 Å². The Morgan fingerprint density at radius 1 is 1.16 bits per heavy atom. The summed E-state index contributed by atoms with van der Waals surface area (Å²) < 4.78 is 0. The van der Waals surface area contributed by atoms with Crippen LogP contribution < -0.4 is 11.1 Å². The van der Waals surface area contributed by atoms with Gasteiger partial charge < -0.3 is 16.0 Å². The number of thiophene rings is 1. The van der Waals surface area contributed by atoms with Crippen molar-refractivity contribution in [2.75, 3.05) is 6.54 Å². The lowest BCUT2D eigenvalue weighted by Crippen LogP contribution is -2.47. The number of primary amides is 1. The molecule has 2 aromatic rings. The largest absolute Gasteiger partial charge is 0.370 e. The molecule has 2 rings (SSSR count). The molecule has 0 fully saturated rings. The van der Waals surface area contributed by atoms with E-state index in [2.05, 4.69) is 5.32 Å². The van der Waals surface area contributed by atoms with Gasteiger partial charge in [-0.1, -0.05) is 36.4 Å². The van der Waals surface area contributed by atoms with Crippen molar-refractivity contribution in [3.05, 3.63) is 58.3 Å². The van der Waals surface area contributed by atoms with Crippen LogP contribution in [0.15, 0.2) is 47.8 Å². The minimum absolute atomic E-state index is 0.0736. The highest BCUT2D eigenvalue weighted by atomic mass is 32.1. The van der Waals surface area contributed by atoms with Gasteiger partial charge in [0.05, 0.1) is 4.88 Å². The number of amides is 3. The van der Waals surface area contributed by atoms with Crippen LogP contribution in [-0.4, -0.2) is 35.2 Å². The quantitative estimate of drug-likeness (QED) is 0.752. The maximum absolute atomic E-state index is 12.7. The van der Waals surface area contributed by atoms with E-state index in [1.54, 1.807) is 29.3 Å². The summed E-state index contributed by atoms with van der Waals surface area (Å²) in [6.07, 6.45) is 0.0736. The molecular weight excluding hydrogens is 338 g/mol. The lowest BCUT2D eigenvalue weighted by molar-refractivity contribution is -0.134. The SMILES string of the molecule is CC(NC(=O)c1cccs1)C(=O)N(CCC(N)=O)Cc1ccccc1. The van der Waals surface area contributed by atoms with Crippen molar-refractivity contribution in [3.63, 3.8) is 0 Å². The van der Waals surface area contributed by atoms with Crippen molar-refractivity contribution < 1.29 is 14.4 Å². The second kappa shape index (κ2) is 8.98. The van der Waals surface area contributed by atoms with Gasteiger partial charge in [0.15, 0.2) is 0 Å². The summed E-state index contributed by atoms with van der Waals surface area (Å²) in [5, 5.41) is 4.50. The van der Waals surface area contributed by atoms with Gasteiger partial charge in [-0.2, -0.15) is 0 Å². The van der Waals surface area contributed by atoms with E-state index in [1.807, 2.05) is 30.3 Å². The molecule has 0 spiro atoms. The molecule has 7 heteroatoms. The Hall–Kier alpha value is -2.67. The molecule has 0 saturated heterocycles. The summed E-state index contributed by atoms with van der Waals surface area (Å²) in [4.78, 5) is 38.0. The molecule has 1 aromatic heterocycles. The molecule has 3 amide bonds. The van der Waals surface area contributed by atoms with Gasteiger partial charge in [-0.15, -0.1) is 11.3 Å². The molecule has 1 unspecified atom stereocenters. The number of nitrogens with zero attached hydrogens (tertiary/aromatic N) is 1. The number of nitrogens with two attached hydrogens (primary N) is 1. The maximum atomic E-state index is 12.7. The first-order valence-corrected chi connectivity index (χ1v) is 8.80. The molecule has 1 aromatic carbocycles. The van der Waals surface area contributed by atoms with Gasteiger partial charge in [0.25, 0.3) is 5.91 Å². The van der Waals surface area contributed by atoms with Crippen LogP contribution in [0.1, 0.15) is 28.6 Å². The summed E-state index contributed by atoms with van der Waals surface area (Å²) in [6, 6.07) is 12.2. The minimum Gasteiger partial charge on any atom is -0.370 e. The molecule has 6 nitrogen and oxygen atoms in total. The first-order chi connectivity index (χ1) is 12.0. The highest BCUT2D eigenvalue weighted by Gasteiger charge is 2.23. The van der Waals surface area contributed by atoms with Crippen molar-refractivity contribution in [2.45, 2.75) is 25.9 Å². The van der Waals surface area contributed by atoms with Crippen molar-refractivity contribution >= 4 is 29.1 Å². The molecule has 3 N–H and O–H groups in total. The zero-order chi connectivity index (χ0) is 18.2. The van der Waals surface area contributed by atoms with Crippen LogP contribution in [0, 0.1) is 0 Å². The smallest absolute Gasteiger partial charge is 0.261 e. The van der Waals surface area contributed by atoms with Crippen molar-refractivity contribution in [1.82, 2.24) is 10.2 Å². The van der Waals surface area contributed by atoms with E-state index < -0.39 is 11.9 Å². The molecule has 0 aliphatic heterocycles. The standard InChI is InChI=1S/C18H21N3O3S/c1-13(20-17(23)15-8-5-11-25-15)18(24)21(10-9-16(19)22)12-14-6-3-2-4-7-14/h2-8,11,13H,9-10,12H2,1H3,(H2,19,22)(H,20,23). The molecule has 1 heterocycles. The number of benzene rings is 1. The fourth-order valence-electron chi connectivity index (χ4n) is 2.33. The third-order valence-corrected chi connectivity index (χ3v) is 4.49. The van der Waals surface area contributed by atoms with E-state index in [-0.39, 0.29) is 24.8 Å². The van der Waals surface area contributed by atoms with E-state index in [1.165, 1.54) is 11.3 Å². The number of nitrogens with one attached hydrogen (secondary N) is 1. The van der Waals surface area contributed by atoms with Crippen molar-refractivity contribution in [1.29, 1.82) is 0 Å². The predicted octanol–water partition coefficient (Wildman–Crippen LogP) is 1.77. The lowest BCUT2D eigenvalue weighted by Gasteiger charge is -2.26. The van der Waals surface area contributed by atoms with Crippen LogP contribution in [-0.2, 0) is 16.1 Å². The topological polar surface area (TPSA) is 92.5 Å². The van der Waals surface area contributed by atoms with Gasteiger partial charge >= 0.3 is 0 Å². The van der Waals surface area contributed by atoms with E-state index in [4.69, 9.17) is 5.73 Å². The molecule has 0 aliphatic rings. The molecule has 0 bridgehead atoms. The Morgan fingerprint density at radius 3 is 2.48 bits per heavy atom. The predicted molar refractivity (Wildman–Crippen MR) is 96.9 cm³/mol. The minimum atomic E-state index is -0.703. The lowest BCUT2D eigenvalue weighted by atomic mass is 10.2. The monoisotopic (exact) mass is 359 g/mol. The Bertz CT molecular complexity index is 716. The summed E-state index contributed by atoms with van der Waals surface area (Å²) in [5.74, 6) is -1.01. The van der Waals surface area contributed by atoms with E-state index in [0.29, 0.717) is 11.4 Å². The summed E-state index contributed by atoms with van der Waals surface area (Å²) in [7, 11) is 0. The number of rotatable bonds is 8. The summed E-state index contributed by atoms with van der Waals surface area (Å²) >= 11 is 1.31. The van der Waals surface area contributed by atoms with Crippen LogP contribution in [0.2, 0.25) is 0 Å². The maximum Gasteiger partial charge on any atom is 0.261 e. The van der Waals surface area contributed by atoms with Gasteiger partial charge in [-0.05, 0) is 23.9 Å². The summed E-state index contributed by atoms with van der Waals surface area (Å²) in [5.41, 5.74) is 6.15. The van der Waals surface area contributed by atoms with Gasteiger partial charge in [-0.3, -0.25) is 14.4 Å². The molecule has 132 valence electrons. The number of hydrogen-bond acceptors (Lipinski definition) is 4. The molecule has 0 aliphatic carbocycles. The third-order valence-electron chi connectivity index (χ3n) is 3.62. The van der Waals surface area contributed by atoms with Crippen molar-refractivity contribution in [2.24, 2.45) is 5.73 Å². The van der Waals surface area contributed by atoms with Crippen LogP contribution in [0.25, 0.3) is 0 Å². The second-order valence-corrected chi connectivity index (χ2v) is 6.58. The Balaban J connectivity index is 2.04. The van der Waals surface area contributed by atoms with Crippen LogP contribution in [0.4, 0.5) is 0 Å². The Morgan fingerprint density at radius 2 is 1.88 bits per heavy atom. The average molecular weight is 359 g/mol. The first-order valence-electron chi connectivity index (χ1n) is 7.92. The van der Waals surface area contributed by atoms with E-state index in [9.17, 15) is 14.4 Å². The van der Waals surface area contributed by atoms with Crippen LogP contribution >= 0.6 is 11.3 Å². The van der Waals surface area contributed by atoms with E-state index in [0.717, 1.165) is 5.56 Å². The molecule has 0 radical (unpaired) electrons. The summed E-state index contributed by atoms with van der Waals surface area (Å²) in [6.45, 7) is 2.20. The molecule has 1 atom stereocenters. The molecular formula is C18H21N3O3S. The molecule has 0 saturated carbocycles. The highest BCUT2D eigenvalue weighted by Crippen LogP contribution is 2.10. The van der Waals surface area contributed by atoms with Gasteiger partial charge in [0.1, 0.15) is 6.04 Å². The van der Waals surface area contributed by atoms with Crippen molar-refractivity contribution in [3.8, 4) is 0 Å². The Labute approximate surface area is 150 Å². The van der Waals surface area contributed by atoms with E-state index >= 15 is 0 Å². The van der Waals surface area contributed by atoms with Gasteiger partial charge in [0.2, 0.25) is 11.8 Å². The fourth-order valence-corrected chi connectivity index (χ4v) is 2.95. The number of hydrogen-bond donors (Lipinski definition) is 2. The zero-order valence-electron chi connectivity index (χ0n) is 14.0. The first kappa shape index (κ1) is 18.7. The normalized spacial score (nSPS) is 11.6. The van der Waals surface area contributed by atoms with Crippen LogP contribution in [0.3, 0.4) is 0 Å². The zero-order valence-corrected chi connectivity index (χ0v) is 14.8. The molecule has 25 heavy (non-hydrogen) atoms. The van der Waals surface area contributed by atoms with Gasteiger partial charge in [0, 0.05) is 19.5 Å². The highest BCUT2D eigenvalue weighted by molar-refractivity contribution is 7.12. The van der Waals surface area contributed by atoms with Gasteiger partial charge in [-0.25, -0.2) is 0 Å². The number of carbonyl (C=O) groups excluding carboxylic acids is 3. The average Bonchev–Trinajstić information content (AvgIpc) is 3.13.